The number of hydrogen-bond acceptors (Lipinski definition) is 10. The summed E-state index contributed by atoms with van der Waals surface area (Å²) in [5.74, 6) is -2.53. The number of rotatable bonds is 18. The summed E-state index contributed by atoms with van der Waals surface area (Å²) in [6.07, 6.45) is 0.465. The van der Waals surface area contributed by atoms with E-state index in [1.54, 1.807) is 0 Å². The van der Waals surface area contributed by atoms with Gasteiger partial charge in [0.05, 0.1) is 20.9 Å². The van der Waals surface area contributed by atoms with Gasteiger partial charge in [0.2, 0.25) is 20.0 Å². The van der Waals surface area contributed by atoms with Crippen LogP contribution in [-0.2, 0) is 39.1 Å². The standard InChI is InChI=1S/C28H36N4O10S2/c1-41-15-3-13-29-43(37,38)21-9-5-19(6-10-21)31-25-17-24(28(35)36)26(18-23(25)27(33)34)32-20-7-11-22(12-8-20)44(39,40)30-14-4-16-42-2/h5-12,29-32H,3-4,13-18H2,1-2H3,(H,33,34)(H,35,36). The van der Waals surface area contributed by atoms with Crippen LogP contribution < -0.4 is 20.1 Å². The molecule has 6 N–H and O–H groups in total. The molecule has 0 amide bonds. The summed E-state index contributed by atoms with van der Waals surface area (Å²) in [7, 11) is -4.49. The van der Waals surface area contributed by atoms with Crippen molar-refractivity contribution in [1.29, 1.82) is 0 Å². The van der Waals surface area contributed by atoms with Crippen molar-refractivity contribution in [2.75, 3.05) is 51.2 Å². The fourth-order valence-corrected chi connectivity index (χ4v) is 6.37. The Labute approximate surface area is 256 Å². The largest absolute Gasteiger partial charge is 0.478 e. The smallest absolute Gasteiger partial charge is 0.333 e. The minimum absolute atomic E-state index is 0.00912. The van der Waals surface area contributed by atoms with Gasteiger partial charge in [-0.25, -0.2) is 35.9 Å². The third kappa shape index (κ3) is 9.60. The highest BCUT2D eigenvalue weighted by atomic mass is 32.2. The molecule has 240 valence electrons. The van der Waals surface area contributed by atoms with Gasteiger partial charge in [0.15, 0.2) is 0 Å². The van der Waals surface area contributed by atoms with E-state index >= 15 is 0 Å². The van der Waals surface area contributed by atoms with Crippen LogP contribution in [0.4, 0.5) is 11.4 Å². The molecule has 2 aromatic carbocycles. The average molecular weight is 653 g/mol. The normalized spacial score (nSPS) is 14.0. The van der Waals surface area contributed by atoms with Crippen molar-refractivity contribution in [1.82, 2.24) is 9.44 Å². The topological polar surface area (TPSA) is 209 Å². The highest BCUT2D eigenvalue weighted by Crippen LogP contribution is 2.33. The van der Waals surface area contributed by atoms with Gasteiger partial charge in [-0.1, -0.05) is 0 Å². The molecule has 2 aromatic rings. The van der Waals surface area contributed by atoms with Crippen molar-refractivity contribution in [2.24, 2.45) is 0 Å². The Morgan fingerprint density at radius 1 is 0.659 bits per heavy atom. The van der Waals surface area contributed by atoms with Gasteiger partial charge in [-0.3, -0.25) is 0 Å². The van der Waals surface area contributed by atoms with Gasteiger partial charge in [-0.15, -0.1) is 0 Å². The maximum absolute atomic E-state index is 12.5. The molecular formula is C28H36N4O10S2. The monoisotopic (exact) mass is 652 g/mol. The number of benzene rings is 2. The lowest BCUT2D eigenvalue weighted by molar-refractivity contribution is -0.134. The molecule has 44 heavy (non-hydrogen) atoms. The summed E-state index contributed by atoms with van der Waals surface area (Å²) in [5.41, 5.74) is 0.822. The zero-order valence-electron chi connectivity index (χ0n) is 24.3. The number of allylic oxidation sites excluding steroid dienone is 2. The van der Waals surface area contributed by atoms with Crippen LogP contribution >= 0.6 is 0 Å². The van der Waals surface area contributed by atoms with E-state index in [-0.39, 0.29) is 58.3 Å². The number of carbonyl (C=O) groups is 2. The van der Waals surface area contributed by atoms with Crippen LogP contribution in [0.5, 0.6) is 0 Å². The summed E-state index contributed by atoms with van der Waals surface area (Å²) in [4.78, 5) is 24.4. The molecule has 0 radical (unpaired) electrons. The van der Waals surface area contributed by atoms with E-state index in [4.69, 9.17) is 9.47 Å². The molecule has 3 rings (SSSR count). The van der Waals surface area contributed by atoms with E-state index in [1.165, 1.54) is 62.8 Å². The van der Waals surface area contributed by atoms with Crippen LogP contribution in [0.2, 0.25) is 0 Å². The molecule has 14 nitrogen and oxygen atoms in total. The Bertz CT molecular complexity index is 1480. The lowest BCUT2D eigenvalue weighted by atomic mass is 9.92. The Morgan fingerprint density at radius 3 is 1.30 bits per heavy atom. The summed E-state index contributed by atoms with van der Waals surface area (Å²) >= 11 is 0. The first-order valence-corrected chi connectivity index (χ1v) is 16.5. The highest BCUT2D eigenvalue weighted by Gasteiger charge is 2.29. The molecule has 16 heteroatoms. The quantitative estimate of drug-likeness (QED) is 0.128. The van der Waals surface area contributed by atoms with Crippen LogP contribution in [0.3, 0.4) is 0 Å². The lowest BCUT2D eigenvalue weighted by Gasteiger charge is -2.24. The third-order valence-corrected chi connectivity index (χ3v) is 9.46. The maximum Gasteiger partial charge on any atom is 0.333 e. The van der Waals surface area contributed by atoms with E-state index < -0.39 is 32.0 Å². The van der Waals surface area contributed by atoms with Gasteiger partial charge in [-0.2, -0.15) is 0 Å². The number of carboxylic acid groups (broad SMARTS) is 2. The molecule has 0 aromatic heterocycles. The van der Waals surface area contributed by atoms with Gasteiger partial charge in [-0.05, 0) is 61.4 Å². The Kier molecular flexibility index (Phi) is 12.4. The summed E-state index contributed by atoms with van der Waals surface area (Å²) < 4.78 is 64.7. The van der Waals surface area contributed by atoms with E-state index in [2.05, 4.69) is 20.1 Å². The van der Waals surface area contributed by atoms with E-state index in [0.29, 0.717) is 37.4 Å². The average Bonchev–Trinajstić information content (AvgIpc) is 2.98. The molecule has 0 fully saturated rings. The fraction of sp³-hybridized carbons (Fsp3) is 0.357. The minimum atomic E-state index is -3.76. The third-order valence-electron chi connectivity index (χ3n) is 6.51. The number of aliphatic carboxylic acids is 2. The first-order valence-electron chi connectivity index (χ1n) is 13.5. The molecule has 0 aliphatic heterocycles. The predicted octanol–water partition coefficient (Wildman–Crippen LogP) is 2.31. The van der Waals surface area contributed by atoms with Crippen molar-refractivity contribution in [3.05, 3.63) is 71.1 Å². The van der Waals surface area contributed by atoms with Crippen molar-refractivity contribution in [3.63, 3.8) is 0 Å². The summed E-state index contributed by atoms with van der Waals surface area (Å²) in [6, 6.07) is 11.2. The van der Waals surface area contributed by atoms with Crippen LogP contribution in [0, 0.1) is 0 Å². The summed E-state index contributed by atoms with van der Waals surface area (Å²) in [5, 5.41) is 25.7. The minimum Gasteiger partial charge on any atom is -0.478 e. The number of hydrogen-bond donors (Lipinski definition) is 6. The first kappa shape index (κ1) is 34.7. The second-order valence-corrected chi connectivity index (χ2v) is 13.2. The molecule has 0 saturated heterocycles. The molecule has 0 bridgehead atoms. The van der Waals surface area contributed by atoms with Crippen LogP contribution in [0.25, 0.3) is 0 Å². The second-order valence-electron chi connectivity index (χ2n) is 9.67. The van der Waals surface area contributed by atoms with Gasteiger partial charge < -0.3 is 30.3 Å². The molecule has 1 aliphatic rings. The van der Waals surface area contributed by atoms with Crippen molar-refractivity contribution >= 4 is 43.4 Å². The molecule has 0 heterocycles. The number of methoxy groups -OCH3 is 2. The lowest BCUT2D eigenvalue weighted by Crippen LogP contribution is -2.25. The molecule has 1 aliphatic carbocycles. The van der Waals surface area contributed by atoms with Crippen molar-refractivity contribution < 1.29 is 46.1 Å². The number of ether oxygens (including phenoxy) is 2. The Balaban J connectivity index is 1.75. The number of carboxylic acids is 2. The highest BCUT2D eigenvalue weighted by molar-refractivity contribution is 7.89. The first-order chi connectivity index (χ1) is 20.9. The van der Waals surface area contributed by atoms with Crippen LogP contribution in [0.1, 0.15) is 25.7 Å². The molecule has 0 atom stereocenters. The van der Waals surface area contributed by atoms with Crippen molar-refractivity contribution in [2.45, 2.75) is 35.5 Å². The predicted molar refractivity (Wildman–Crippen MR) is 162 cm³/mol. The fourth-order valence-electron chi connectivity index (χ4n) is 4.23. The van der Waals surface area contributed by atoms with Gasteiger partial charge in [0.1, 0.15) is 0 Å². The van der Waals surface area contributed by atoms with Crippen LogP contribution in [-0.4, -0.2) is 79.5 Å². The Morgan fingerprint density at radius 2 is 1.00 bits per heavy atom. The van der Waals surface area contributed by atoms with Crippen LogP contribution in [0.15, 0.2) is 80.9 Å². The maximum atomic E-state index is 12.5. The van der Waals surface area contributed by atoms with Gasteiger partial charge >= 0.3 is 11.9 Å². The SMILES string of the molecule is COCCCNS(=O)(=O)c1ccc(NC2=C(C(=O)O)CC(Nc3ccc(S(=O)(=O)NCCCOC)cc3)=C(C(=O)O)C2)cc1. The Hall–Kier alpha value is -3.80. The molecule has 0 spiro atoms. The van der Waals surface area contributed by atoms with Gasteiger partial charge in [0, 0.05) is 76.1 Å². The van der Waals surface area contributed by atoms with Gasteiger partial charge in [0.25, 0.3) is 0 Å². The zero-order valence-corrected chi connectivity index (χ0v) is 25.9. The van der Waals surface area contributed by atoms with Crippen molar-refractivity contribution in [3.8, 4) is 0 Å². The zero-order chi connectivity index (χ0) is 32.3. The van der Waals surface area contributed by atoms with E-state index in [0.717, 1.165) is 0 Å². The number of nitrogens with one attached hydrogen (secondary N) is 4. The molecule has 0 unspecified atom stereocenters. The number of sulfonamides is 2. The van der Waals surface area contributed by atoms with E-state index in [1.807, 2.05) is 0 Å². The second kappa shape index (κ2) is 15.8. The summed E-state index contributed by atoms with van der Waals surface area (Å²) in [6.45, 7) is 1.20. The van der Waals surface area contributed by atoms with E-state index in [9.17, 15) is 36.6 Å². The molecule has 0 saturated carbocycles. The number of anilines is 2. The molecular weight excluding hydrogens is 616 g/mol.